The van der Waals surface area contributed by atoms with Crippen molar-refractivity contribution in [2.24, 2.45) is 0 Å². The average Bonchev–Trinajstić information content (AvgIpc) is 3.02. The first-order valence-electron chi connectivity index (χ1n) is 6.91. The van der Waals surface area contributed by atoms with Gasteiger partial charge in [0, 0.05) is 36.3 Å². The van der Waals surface area contributed by atoms with Gasteiger partial charge in [0.25, 0.3) is 0 Å². The van der Waals surface area contributed by atoms with Gasteiger partial charge >= 0.3 is 0 Å². The van der Waals surface area contributed by atoms with Crippen molar-refractivity contribution < 1.29 is 0 Å². The molecule has 0 aromatic carbocycles. The summed E-state index contributed by atoms with van der Waals surface area (Å²) in [5.74, 6) is 2.37. The Morgan fingerprint density at radius 2 is 2.22 bits per heavy atom. The van der Waals surface area contributed by atoms with Gasteiger partial charge in [-0.1, -0.05) is 6.92 Å². The Balaban J connectivity index is 1.74. The van der Waals surface area contributed by atoms with Gasteiger partial charge in [0.05, 0.1) is 5.69 Å². The lowest BCUT2D eigenvalue weighted by Crippen LogP contribution is -2.24. The van der Waals surface area contributed by atoms with Gasteiger partial charge in [-0.25, -0.2) is 4.98 Å². The second-order valence-electron chi connectivity index (χ2n) is 5.29. The van der Waals surface area contributed by atoms with Crippen LogP contribution in [0.25, 0.3) is 0 Å². The van der Waals surface area contributed by atoms with Crippen LogP contribution in [-0.2, 0) is 0 Å². The molecule has 3 nitrogen and oxygen atoms in total. The van der Waals surface area contributed by atoms with Gasteiger partial charge in [0.1, 0.15) is 0 Å². The van der Waals surface area contributed by atoms with Gasteiger partial charge in [-0.3, -0.25) is 0 Å². The smallest absolute Gasteiger partial charge is 0.151 e. The molecular weight excluding hydrogens is 242 g/mol. The zero-order valence-electron chi connectivity index (χ0n) is 10.9. The summed E-state index contributed by atoms with van der Waals surface area (Å²) in [4.78, 5) is 6.99. The van der Waals surface area contributed by atoms with Crippen molar-refractivity contribution in [3.8, 4) is 0 Å². The minimum Gasteiger partial charge on any atom is -0.378 e. The number of rotatable bonds is 3. The minimum atomic E-state index is 0.607. The molecule has 0 bridgehead atoms. The third kappa shape index (κ3) is 2.58. The minimum absolute atomic E-state index is 0.607. The molecule has 0 amide bonds. The van der Waals surface area contributed by atoms with Crippen LogP contribution in [0.1, 0.15) is 26.2 Å². The van der Waals surface area contributed by atoms with Crippen LogP contribution in [0.5, 0.6) is 0 Å². The molecule has 18 heavy (non-hydrogen) atoms. The molecule has 98 valence electrons. The number of aromatic nitrogens is 1. The van der Waals surface area contributed by atoms with Crippen LogP contribution in [0.2, 0.25) is 0 Å². The standard InChI is InChI=1S/C14H21N3S/c1-11-9-12(10-18-11)16-13-5-4-6-15-14(13)17-7-2-3-8-17/h4-6,11-12,16H,2-3,7-10H2,1H3. The Bertz CT molecular complexity index is 404. The van der Waals surface area contributed by atoms with Gasteiger partial charge in [-0.15, -0.1) is 0 Å². The van der Waals surface area contributed by atoms with E-state index in [9.17, 15) is 0 Å². The summed E-state index contributed by atoms with van der Waals surface area (Å²) in [7, 11) is 0. The first kappa shape index (κ1) is 12.2. The Hall–Kier alpha value is -0.900. The number of anilines is 2. The third-order valence-corrected chi connectivity index (χ3v) is 5.11. The number of thioether (sulfide) groups is 1. The fraction of sp³-hybridized carbons (Fsp3) is 0.643. The van der Waals surface area contributed by atoms with Gasteiger partial charge in [-0.05, 0) is 31.4 Å². The molecule has 2 unspecified atom stereocenters. The molecule has 0 saturated carbocycles. The highest BCUT2D eigenvalue weighted by atomic mass is 32.2. The van der Waals surface area contributed by atoms with Crippen LogP contribution in [-0.4, -0.2) is 35.1 Å². The molecule has 4 heteroatoms. The van der Waals surface area contributed by atoms with E-state index in [4.69, 9.17) is 0 Å². The summed E-state index contributed by atoms with van der Waals surface area (Å²) in [5, 5.41) is 4.48. The topological polar surface area (TPSA) is 28.2 Å². The molecule has 2 aliphatic rings. The lowest BCUT2D eigenvalue weighted by atomic mass is 10.2. The molecule has 0 spiro atoms. The van der Waals surface area contributed by atoms with E-state index in [1.165, 1.54) is 30.7 Å². The predicted molar refractivity (Wildman–Crippen MR) is 79.6 cm³/mol. The molecule has 2 fully saturated rings. The van der Waals surface area contributed by atoms with Gasteiger partial charge in [0.15, 0.2) is 5.82 Å². The van der Waals surface area contributed by atoms with E-state index in [2.05, 4.69) is 40.0 Å². The maximum atomic E-state index is 4.58. The fourth-order valence-electron chi connectivity index (χ4n) is 2.83. The number of hydrogen-bond donors (Lipinski definition) is 1. The molecule has 0 radical (unpaired) electrons. The first-order chi connectivity index (χ1) is 8.83. The summed E-state index contributed by atoms with van der Waals surface area (Å²) in [5.41, 5.74) is 1.22. The van der Waals surface area contributed by atoms with E-state index >= 15 is 0 Å². The second kappa shape index (κ2) is 5.39. The Kier molecular flexibility index (Phi) is 3.64. The molecule has 0 aliphatic carbocycles. The molecular formula is C14H21N3S. The van der Waals surface area contributed by atoms with Gasteiger partial charge < -0.3 is 10.2 Å². The number of nitrogens with one attached hydrogen (secondary N) is 1. The van der Waals surface area contributed by atoms with Crippen molar-refractivity contribution in [3.63, 3.8) is 0 Å². The Labute approximate surface area is 113 Å². The Morgan fingerprint density at radius 1 is 1.39 bits per heavy atom. The maximum absolute atomic E-state index is 4.58. The molecule has 1 aromatic heterocycles. The summed E-state index contributed by atoms with van der Waals surface area (Å²) in [6.45, 7) is 4.62. The molecule has 2 saturated heterocycles. The van der Waals surface area contributed by atoms with E-state index in [0.717, 1.165) is 24.2 Å². The van der Waals surface area contributed by atoms with Crippen LogP contribution < -0.4 is 10.2 Å². The normalized spacial score (nSPS) is 27.7. The monoisotopic (exact) mass is 263 g/mol. The van der Waals surface area contributed by atoms with Crippen LogP contribution >= 0.6 is 11.8 Å². The van der Waals surface area contributed by atoms with Gasteiger partial charge in [-0.2, -0.15) is 11.8 Å². The van der Waals surface area contributed by atoms with Crippen molar-refractivity contribution in [3.05, 3.63) is 18.3 Å². The number of pyridine rings is 1. The molecule has 1 N–H and O–H groups in total. The quantitative estimate of drug-likeness (QED) is 0.907. The van der Waals surface area contributed by atoms with E-state index in [-0.39, 0.29) is 0 Å². The molecule has 3 rings (SSSR count). The maximum Gasteiger partial charge on any atom is 0.151 e. The van der Waals surface area contributed by atoms with E-state index in [1.807, 2.05) is 12.3 Å². The second-order valence-corrected chi connectivity index (χ2v) is 6.76. The summed E-state index contributed by atoms with van der Waals surface area (Å²) >= 11 is 2.07. The molecule has 3 heterocycles. The van der Waals surface area contributed by atoms with Crippen molar-refractivity contribution >= 4 is 23.3 Å². The van der Waals surface area contributed by atoms with Crippen molar-refractivity contribution in [1.82, 2.24) is 4.98 Å². The summed E-state index contributed by atoms with van der Waals surface area (Å²) in [6, 6.07) is 4.82. The van der Waals surface area contributed by atoms with E-state index in [1.54, 1.807) is 0 Å². The van der Waals surface area contributed by atoms with Gasteiger partial charge in [0.2, 0.25) is 0 Å². The lowest BCUT2D eigenvalue weighted by molar-refractivity contribution is 0.745. The van der Waals surface area contributed by atoms with Crippen LogP contribution in [0, 0.1) is 0 Å². The van der Waals surface area contributed by atoms with E-state index < -0.39 is 0 Å². The highest BCUT2D eigenvalue weighted by molar-refractivity contribution is 8.00. The molecule has 1 aromatic rings. The summed E-state index contributed by atoms with van der Waals surface area (Å²) in [6.07, 6.45) is 5.77. The predicted octanol–water partition coefficient (Wildman–Crippen LogP) is 2.99. The third-order valence-electron chi connectivity index (χ3n) is 3.75. The highest BCUT2D eigenvalue weighted by Crippen LogP contribution is 2.32. The number of hydrogen-bond acceptors (Lipinski definition) is 4. The fourth-order valence-corrected chi connectivity index (χ4v) is 3.98. The summed E-state index contributed by atoms with van der Waals surface area (Å²) < 4.78 is 0. The Morgan fingerprint density at radius 3 is 2.94 bits per heavy atom. The lowest BCUT2D eigenvalue weighted by Gasteiger charge is -2.22. The zero-order valence-corrected chi connectivity index (χ0v) is 11.7. The average molecular weight is 263 g/mol. The SMILES string of the molecule is CC1CC(Nc2cccnc2N2CCCC2)CS1. The largest absolute Gasteiger partial charge is 0.378 e. The zero-order chi connectivity index (χ0) is 12.4. The molecule has 2 aliphatic heterocycles. The van der Waals surface area contributed by atoms with E-state index in [0.29, 0.717) is 6.04 Å². The van der Waals surface area contributed by atoms with Crippen molar-refractivity contribution in [2.75, 3.05) is 29.1 Å². The van der Waals surface area contributed by atoms with Crippen molar-refractivity contribution in [1.29, 1.82) is 0 Å². The first-order valence-corrected chi connectivity index (χ1v) is 7.96. The number of nitrogens with zero attached hydrogens (tertiary/aromatic N) is 2. The highest BCUT2D eigenvalue weighted by Gasteiger charge is 2.24. The van der Waals surface area contributed by atoms with Crippen molar-refractivity contribution in [2.45, 2.75) is 37.5 Å². The molecule has 2 atom stereocenters. The van der Waals surface area contributed by atoms with Crippen LogP contribution in [0.15, 0.2) is 18.3 Å². The van der Waals surface area contributed by atoms with Crippen LogP contribution in [0.4, 0.5) is 11.5 Å². The van der Waals surface area contributed by atoms with Crippen LogP contribution in [0.3, 0.4) is 0 Å².